The molecule has 1 heterocycles. The van der Waals surface area contributed by atoms with Crippen LogP contribution >= 0.6 is 0 Å². The largest absolute Gasteiger partial charge is 0.390 e. The summed E-state index contributed by atoms with van der Waals surface area (Å²) in [7, 11) is 1.63. The molecule has 0 saturated heterocycles. The summed E-state index contributed by atoms with van der Waals surface area (Å²) in [5, 5.41) is 3.19. The Hall–Kier alpha value is -1.30. The van der Waals surface area contributed by atoms with E-state index in [1.165, 1.54) is 4.90 Å². The molecule has 3 nitrogen and oxygen atoms in total. The molecule has 0 fully saturated rings. The SMILES string of the molecule is CCNCc1cc(C)nc(N(C)CCC(F)(F)F)c1. The van der Waals surface area contributed by atoms with Crippen molar-refractivity contribution in [1.82, 2.24) is 10.3 Å². The van der Waals surface area contributed by atoms with Gasteiger partial charge in [-0.15, -0.1) is 0 Å². The van der Waals surface area contributed by atoms with Gasteiger partial charge in [0.2, 0.25) is 0 Å². The number of hydrogen-bond donors (Lipinski definition) is 1. The lowest BCUT2D eigenvalue weighted by Gasteiger charge is -2.20. The third-order valence-corrected chi connectivity index (χ3v) is 2.70. The summed E-state index contributed by atoms with van der Waals surface area (Å²) < 4.78 is 36.6. The molecule has 1 aromatic rings. The Bertz CT molecular complexity index is 405. The number of hydrogen-bond acceptors (Lipinski definition) is 3. The molecular formula is C13H20F3N3. The summed E-state index contributed by atoms with van der Waals surface area (Å²) in [4.78, 5) is 5.81. The van der Waals surface area contributed by atoms with Crippen LogP contribution in [0.4, 0.5) is 19.0 Å². The first kappa shape index (κ1) is 15.8. The summed E-state index contributed by atoms with van der Waals surface area (Å²) in [5.74, 6) is 0.581. The van der Waals surface area contributed by atoms with Crippen LogP contribution in [-0.4, -0.2) is 31.3 Å². The molecule has 0 aliphatic carbocycles. The zero-order valence-corrected chi connectivity index (χ0v) is 11.5. The highest BCUT2D eigenvalue weighted by molar-refractivity contribution is 5.41. The Morgan fingerprint density at radius 2 is 2.00 bits per heavy atom. The Morgan fingerprint density at radius 3 is 2.58 bits per heavy atom. The number of anilines is 1. The molecule has 108 valence electrons. The molecule has 19 heavy (non-hydrogen) atoms. The van der Waals surface area contributed by atoms with E-state index in [1.54, 1.807) is 7.05 Å². The topological polar surface area (TPSA) is 28.2 Å². The number of rotatable bonds is 6. The van der Waals surface area contributed by atoms with Crippen molar-refractivity contribution in [3.05, 3.63) is 23.4 Å². The van der Waals surface area contributed by atoms with Crippen LogP contribution < -0.4 is 10.2 Å². The van der Waals surface area contributed by atoms with Gasteiger partial charge in [-0.25, -0.2) is 4.98 Å². The number of aryl methyl sites for hydroxylation is 1. The van der Waals surface area contributed by atoms with Crippen molar-refractivity contribution in [3.8, 4) is 0 Å². The molecule has 0 aliphatic rings. The fraction of sp³-hybridized carbons (Fsp3) is 0.615. The maximum absolute atomic E-state index is 12.2. The van der Waals surface area contributed by atoms with Gasteiger partial charge in [0.25, 0.3) is 0 Å². The van der Waals surface area contributed by atoms with Crippen LogP contribution in [0.15, 0.2) is 12.1 Å². The van der Waals surface area contributed by atoms with Gasteiger partial charge >= 0.3 is 6.18 Å². The maximum Gasteiger partial charge on any atom is 0.390 e. The van der Waals surface area contributed by atoms with Crippen molar-refractivity contribution in [2.75, 3.05) is 25.0 Å². The second-order valence-electron chi connectivity index (χ2n) is 4.54. The lowest BCUT2D eigenvalue weighted by molar-refractivity contribution is -0.132. The third kappa shape index (κ3) is 5.92. The van der Waals surface area contributed by atoms with E-state index in [1.807, 2.05) is 26.0 Å². The molecule has 0 saturated carbocycles. The molecule has 0 amide bonds. The smallest absolute Gasteiger partial charge is 0.359 e. The van der Waals surface area contributed by atoms with Gasteiger partial charge in [-0.3, -0.25) is 0 Å². The molecule has 0 atom stereocenters. The molecule has 1 aromatic heterocycles. The van der Waals surface area contributed by atoms with Gasteiger partial charge in [0.1, 0.15) is 5.82 Å². The summed E-state index contributed by atoms with van der Waals surface area (Å²) in [5.41, 5.74) is 1.84. The standard InChI is InChI=1S/C13H20F3N3/c1-4-17-9-11-7-10(2)18-12(8-11)19(3)6-5-13(14,15)16/h7-8,17H,4-6,9H2,1-3H3. The van der Waals surface area contributed by atoms with Crippen molar-refractivity contribution in [1.29, 1.82) is 0 Å². The van der Waals surface area contributed by atoms with Gasteiger partial charge in [-0.05, 0) is 31.2 Å². The summed E-state index contributed by atoms with van der Waals surface area (Å²) in [6.45, 7) is 5.31. The quantitative estimate of drug-likeness (QED) is 0.865. The number of nitrogens with zero attached hydrogens (tertiary/aromatic N) is 2. The average molecular weight is 275 g/mol. The zero-order chi connectivity index (χ0) is 14.5. The van der Waals surface area contributed by atoms with Gasteiger partial charge in [0.15, 0.2) is 0 Å². The van der Waals surface area contributed by atoms with Gasteiger partial charge in [0.05, 0.1) is 6.42 Å². The Morgan fingerprint density at radius 1 is 1.32 bits per heavy atom. The maximum atomic E-state index is 12.2. The van der Waals surface area contributed by atoms with E-state index in [2.05, 4.69) is 10.3 Å². The minimum Gasteiger partial charge on any atom is -0.359 e. The minimum absolute atomic E-state index is 0.0827. The monoisotopic (exact) mass is 275 g/mol. The molecule has 0 spiro atoms. The molecule has 0 aliphatic heterocycles. The summed E-state index contributed by atoms with van der Waals surface area (Å²) >= 11 is 0. The van der Waals surface area contributed by atoms with E-state index < -0.39 is 12.6 Å². The van der Waals surface area contributed by atoms with Crippen molar-refractivity contribution in [2.45, 2.75) is 33.0 Å². The predicted molar refractivity (Wildman–Crippen MR) is 70.3 cm³/mol. The van der Waals surface area contributed by atoms with Gasteiger partial charge in [-0.1, -0.05) is 6.92 Å². The highest BCUT2D eigenvalue weighted by atomic mass is 19.4. The van der Waals surface area contributed by atoms with Crippen LogP contribution in [0.3, 0.4) is 0 Å². The Labute approximate surface area is 111 Å². The van der Waals surface area contributed by atoms with E-state index >= 15 is 0 Å². The number of alkyl halides is 3. The Balaban J connectivity index is 2.73. The fourth-order valence-electron chi connectivity index (χ4n) is 1.70. The van der Waals surface area contributed by atoms with Crippen LogP contribution in [0, 0.1) is 6.92 Å². The second-order valence-corrected chi connectivity index (χ2v) is 4.54. The molecule has 0 radical (unpaired) electrons. The first-order valence-corrected chi connectivity index (χ1v) is 6.28. The van der Waals surface area contributed by atoms with Crippen LogP contribution in [0.25, 0.3) is 0 Å². The van der Waals surface area contributed by atoms with Crippen molar-refractivity contribution in [3.63, 3.8) is 0 Å². The van der Waals surface area contributed by atoms with E-state index in [4.69, 9.17) is 0 Å². The average Bonchev–Trinajstić information content (AvgIpc) is 2.31. The molecular weight excluding hydrogens is 255 g/mol. The molecule has 0 unspecified atom stereocenters. The van der Waals surface area contributed by atoms with E-state index in [0.29, 0.717) is 12.4 Å². The zero-order valence-electron chi connectivity index (χ0n) is 11.5. The molecule has 0 aromatic carbocycles. The van der Waals surface area contributed by atoms with Crippen LogP contribution in [-0.2, 0) is 6.54 Å². The van der Waals surface area contributed by atoms with Crippen molar-refractivity contribution >= 4 is 5.82 Å². The number of halogens is 3. The van der Waals surface area contributed by atoms with Crippen LogP contribution in [0.2, 0.25) is 0 Å². The van der Waals surface area contributed by atoms with E-state index in [0.717, 1.165) is 17.8 Å². The van der Waals surface area contributed by atoms with Crippen LogP contribution in [0.1, 0.15) is 24.6 Å². The fourth-order valence-corrected chi connectivity index (χ4v) is 1.70. The van der Waals surface area contributed by atoms with E-state index in [9.17, 15) is 13.2 Å². The number of aromatic nitrogens is 1. The highest BCUT2D eigenvalue weighted by Gasteiger charge is 2.27. The highest BCUT2D eigenvalue weighted by Crippen LogP contribution is 2.21. The first-order valence-electron chi connectivity index (χ1n) is 6.28. The summed E-state index contributed by atoms with van der Waals surface area (Å²) in [6.07, 6.45) is -4.97. The van der Waals surface area contributed by atoms with Gasteiger partial charge in [-0.2, -0.15) is 13.2 Å². The van der Waals surface area contributed by atoms with Crippen molar-refractivity contribution < 1.29 is 13.2 Å². The molecule has 1 rings (SSSR count). The summed E-state index contributed by atoms with van der Waals surface area (Å²) in [6, 6.07) is 3.76. The third-order valence-electron chi connectivity index (χ3n) is 2.70. The van der Waals surface area contributed by atoms with E-state index in [-0.39, 0.29) is 6.54 Å². The lowest BCUT2D eigenvalue weighted by atomic mass is 10.2. The number of pyridine rings is 1. The van der Waals surface area contributed by atoms with Crippen LogP contribution in [0.5, 0.6) is 0 Å². The number of nitrogens with one attached hydrogen (secondary N) is 1. The molecule has 6 heteroatoms. The lowest BCUT2D eigenvalue weighted by Crippen LogP contribution is -2.25. The van der Waals surface area contributed by atoms with Crippen molar-refractivity contribution in [2.24, 2.45) is 0 Å². The molecule has 1 N–H and O–H groups in total. The normalized spacial score (nSPS) is 11.7. The Kier molecular flexibility index (Phi) is 5.60. The first-order chi connectivity index (χ1) is 8.81. The molecule has 0 bridgehead atoms. The van der Waals surface area contributed by atoms with Gasteiger partial charge < -0.3 is 10.2 Å². The van der Waals surface area contributed by atoms with Gasteiger partial charge in [0, 0.05) is 25.8 Å². The predicted octanol–water partition coefficient (Wildman–Crippen LogP) is 2.89. The minimum atomic E-state index is -4.13. The second kappa shape index (κ2) is 6.75.